The zero-order valence-corrected chi connectivity index (χ0v) is 17.8. The van der Waals surface area contributed by atoms with Crippen molar-refractivity contribution in [3.8, 4) is 11.6 Å². The van der Waals surface area contributed by atoms with Crippen molar-refractivity contribution >= 4 is 45.2 Å². The Morgan fingerprint density at radius 1 is 0.848 bits per heavy atom. The van der Waals surface area contributed by atoms with Crippen molar-refractivity contribution < 1.29 is 9.21 Å². The van der Waals surface area contributed by atoms with Crippen LogP contribution in [0.2, 0.25) is 0 Å². The number of carbonyl (C=O) groups is 1. The Hall–Kier alpha value is -4.46. The van der Waals surface area contributed by atoms with Gasteiger partial charge in [0.2, 0.25) is 11.8 Å². The van der Waals surface area contributed by atoms with E-state index in [4.69, 9.17) is 20.1 Å². The summed E-state index contributed by atoms with van der Waals surface area (Å²) >= 11 is 0. The lowest BCUT2D eigenvalue weighted by atomic mass is 10.2. The van der Waals surface area contributed by atoms with Crippen LogP contribution in [-0.2, 0) is 4.79 Å². The standard InChI is InChI=1S/C25H22N6O2/c26-16-8-1-2-9-17(16)28-22(32)14-7-15-27-24-23(29-18-10-3-4-11-19(18)30-24)25-31-20-12-5-6-13-21(20)33-25/h1-6,8-13H,7,14-15,26H2,(H,27,30)(H,28,32). The molecule has 2 aromatic heterocycles. The van der Waals surface area contributed by atoms with Crippen molar-refractivity contribution in [1.82, 2.24) is 15.0 Å². The lowest BCUT2D eigenvalue weighted by Crippen LogP contribution is -2.15. The van der Waals surface area contributed by atoms with Gasteiger partial charge in [-0.3, -0.25) is 4.79 Å². The predicted molar refractivity (Wildman–Crippen MR) is 130 cm³/mol. The third kappa shape index (κ3) is 4.45. The van der Waals surface area contributed by atoms with E-state index in [0.29, 0.717) is 53.7 Å². The second-order valence-corrected chi connectivity index (χ2v) is 7.56. The molecule has 5 rings (SSSR count). The van der Waals surface area contributed by atoms with E-state index in [2.05, 4.69) is 15.6 Å². The zero-order chi connectivity index (χ0) is 22.6. The Balaban J connectivity index is 1.32. The van der Waals surface area contributed by atoms with Gasteiger partial charge in [-0.05, 0) is 42.8 Å². The molecule has 2 heterocycles. The second kappa shape index (κ2) is 8.96. The third-order valence-corrected chi connectivity index (χ3v) is 5.17. The molecule has 5 aromatic rings. The maximum absolute atomic E-state index is 12.3. The molecule has 0 fully saturated rings. The number of anilines is 3. The predicted octanol–water partition coefficient (Wildman–Crippen LogP) is 4.85. The first-order valence-corrected chi connectivity index (χ1v) is 10.7. The maximum atomic E-state index is 12.3. The number of para-hydroxylation sites is 6. The third-order valence-electron chi connectivity index (χ3n) is 5.17. The van der Waals surface area contributed by atoms with Crippen LogP contribution in [0.3, 0.4) is 0 Å². The summed E-state index contributed by atoms with van der Waals surface area (Å²) in [7, 11) is 0. The van der Waals surface area contributed by atoms with Gasteiger partial charge in [0, 0.05) is 13.0 Å². The van der Waals surface area contributed by atoms with E-state index in [1.807, 2.05) is 60.7 Å². The van der Waals surface area contributed by atoms with Crippen LogP contribution >= 0.6 is 0 Å². The number of aromatic nitrogens is 3. The van der Waals surface area contributed by atoms with Gasteiger partial charge >= 0.3 is 0 Å². The van der Waals surface area contributed by atoms with Gasteiger partial charge in [-0.1, -0.05) is 36.4 Å². The molecule has 0 aliphatic carbocycles. The number of nitrogens with two attached hydrogens (primary N) is 1. The number of carbonyl (C=O) groups excluding carboxylic acids is 1. The summed E-state index contributed by atoms with van der Waals surface area (Å²) in [5.41, 5.74) is 10.5. The molecule has 33 heavy (non-hydrogen) atoms. The molecule has 0 radical (unpaired) electrons. The van der Waals surface area contributed by atoms with Gasteiger partial charge in [0.15, 0.2) is 17.1 Å². The van der Waals surface area contributed by atoms with Crippen LogP contribution in [0, 0.1) is 0 Å². The number of rotatable bonds is 7. The Morgan fingerprint density at radius 2 is 1.55 bits per heavy atom. The van der Waals surface area contributed by atoms with Crippen LogP contribution in [0.15, 0.2) is 77.2 Å². The Morgan fingerprint density at radius 3 is 2.33 bits per heavy atom. The fourth-order valence-electron chi connectivity index (χ4n) is 3.53. The largest absolute Gasteiger partial charge is 0.435 e. The van der Waals surface area contributed by atoms with Gasteiger partial charge in [0.1, 0.15) is 5.52 Å². The lowest BCUT2D eigenvalue weighted by molar-refractivity contribution is -0.116. The molecule has 0 spiro atoms. The van der Waals surface area contributed by atoms with Crippen LogP contribution in [0.5, 0.6) is 0 Å². The summed E-state index contributed by atoms with van der Waals surface area (Å²) < 4.78 is 5.94. The summed E-state index contributed by atoms with van der Waals surface area (Å²) in [6.45, 7) is 0.526. The smallest absolute Gasteiger partial charge is 0.250 e. The van der Waals surface area contributed by atoms with E-state index in [9.17, 15) is 4.79 Å². The van der Waals surface area contributed by atoms with Gasteiger partial charge in [0.25, 0.3) is 0 Å². The quantitative estimate of drug-likeness (QED) is 0.245. The molecule has 0 bridgehead atoms. The van der Waals surface area contributed by atoms with Crippen molar-refractivity contribution in [3.05, 3.63) is 72.8 Å². The van der Waals surface area contributed by atoms with Crippen LogP contribution in [-0.4, -0.2) is 27.4 Å². The maximum Gasteiger partial charge on any atom is 0.250 e. The average Bonchev–Trinajstić information content (AvgIpc) is 3.27. The van der Waals surface area contributed by atoms with Gasteiger partial charge < -0.3 is 20.8 Å². The first kappa shape index (κ1) is 20.4. The number of hydrogen-bond acceptors (Lipinski definition) is 7. The van der Waals surface area contributed by atoms with Crippen LogP contribution in [0.1, 0.15) is 12.8 Å². The van der Waals surface area contributed by atoms with Crippen LogP contribution < -0.4 is 16.4 Å². The monoisotopic (exact) mass is 438 g/mol. The Kier molecular flexibility index (Phi) is 5.55. The Labute approximate surface area is 189 Å². The highest BCUT2D eigenvalue weighted by Gasteiger charge is 2.17. The molecule has 8 heteroatoms. The number of nitrogen functional groups attached to an aromatic ring is 1. The molecule has 0 atom stereocenters. The second-order valence-electron chi connectivity index (χ2n) is 7.56. The fourth-order valence-corrected chi connectivity index (χ4v) is 3.53. The summed E-state index contributed by atoms with van der Waals surface area (Å²) in [6.07, 6.45) is 0.931. The fraction of sp³-hybridized carbons (Fsp3) is 0.120. The number of nitrogens with zero attached hydrogens (tertiary/aromatic N) is 3. The summed E-state index contributed by atoms with van der Waals surface area (Å²) in [5.74, 6) is 0.862. The van der Waals surface area contributed by atoms with Gasteiger partial charge in [-0.2, -0.15) is 0 Å². The summed E-state index contributed by atoms with van der Waals surface area (Å²) in [6, 6.07) is 22.4. The average molecular weight is 438 g/mol. The number of fused-ring (bicyclic) bond motifs is 2. The molecule has 8 nitrogen and oxygen atoms in total. The van der Waals surface area contributed by atoms with Crippen molar-refractivity contribution in [1.29, 1.82) is 0 Å². The van der Waals surface area contributed by atoms with Crippen molar-refractivity contribution in [2.75, 3.05) is 22.9 Å². The van der Waals surface area contributed by atoms with E-state index in [1.165, 1.54) is 0 Å². The van der Waals surface area contributed by atoms with E-state index in [1.54, 1.807) is 12.1 Å². The van der Waals surface area contributed by atoms with Gasteiger partial charge in [-0.25, -0.2) is 15.0 Å². The highest BCUT2D eigenvalue weighted by atomic mass is 16.3. The minimum absolute atomic E-state index is 0.0986. The molecule has 0 saturated heterocycles. The Bertz CT molecular complexity index is 1410. The van der Waals surface area contributed by atoms with E-state index < -0.39 is 0 Å². The van der Waals surface area contributed by atoms with E-state index >= 15 is 0 Å². The number of oxazole rings is 1. The molecule has 1 amide bonds. The molecular formula is C25H22N6O2. The summed E-state index contributed by atoms with van der Waals surface area (Å²) in [4.78, 5) is 26.3. The zero-order valence-electron chi connectivity index (χ0n) is 17.8. The van der Waals surface area contributed by atoms with E-state index in [-0.39, 0.29) is 5.91 Å². The topological polar surface area (TPSA) is 119 Å². The molecule has 4 N–H and O–H groups in total. The molecule has 3 aromatic carbocycles. The minimum atomic E-state index is -0.0986. The number of nitrogens with one attached hydrogen (secondary N) is 2. The first-order chi connectivity index (χ1) is 16.2. The molecule has 0 unspecified atom stereocenters. The number of amides is 1. The number of hydrogen-bond donors (Lipinski definition) is 3. The van der Waals surface area contributed by atoms with Crippen molar-refractivity contribution in [3.63, 3.8) is 0 Å². The van der Waals surface area contributed by atoms with Crippen molar-refractivity contribution in [2.24, 2.45) is 0 Å². The van der Waals surface area contributed by atoms with Crippen molar-refractivity contribution in [2.45, 2.75) is 12.8 Å². The molecule has 0 aliphatic heterocycles. The highest BCUT2D eigenvalue weighted by molar-refractivity contribution is 5.93. The van der Waals surface area contributed by atoms with Gasteiger partial charge in [0.05, 0.1) is 22.4 Å². The highest BCUT2D eigenvalue weighted by Crippen LogP contribution is 2.29. The SMILES string of the molecule is Nc1ccccc1NC(=O)CCCNc1nc2ccccc2nc1-c1nc2ccccc2o1. The molecule has 164 valence electrons. The van der Waals surface area contributed by atoms with Crippen LogP contribution in [0.4, 0.5) is 17.2 Å². The molecule has 0 aliphatic rings. The summed E-state index contributed by atoms with van der Waals surface area (Å²) in [5, 5.41) is 6.14. The lowest BCUT2D eigenvalue weighted by Gasteiger charge is -2.11. The van der Waals surface area contributed by atoms with E-state index in [0.717, 1.165) is 16.6 Å². The minimum Gasteiger partial charge on any atom is -0.435 e. The normalized spacial score (nSPS) is 11.0. The molecular weight excluding hydrogens is 416 g/mol. The number of benzene rings is 3. The van der Waals surface area contributed by atoms with Crippen LogP contribution in [0.25, 0.3) is 33.7 Å². The van der Waals surface area contributed by atoms with Gasteiger partial charge in [-0.15, -0.1) is 0 Å². The first-order valence-electron chi connectivity index (χ1n) is 10.7. The molecule has 0 saturated carbocycles.